The van der Waals surface area contributed by atoms with E-state index in [0.717, 1.165) is 16.3 Å². The number of aryl methyl sites for hydroxylation is 1. The minimum Gasteiger partial charge on any atom is -0.489 e. The van der Waals surface area contributed by atoms with Crippen molar-refractivity contribution in [3.8, 4) is 5.75 Å². The third-order valence-corrected chi connectivity index (χ3v) is 4.31. The fraction of sp³-hybridized carbons (Fsp3) is 0.111. The maximum Gasteiger partial charge on any atom is 0.275 e. The van der Waals surface area contributed by atoms with Crippen LogP contribution in [0.1, 0.15) is 21.1 Å². The first-order valence-electron chi connectivity index (χ1n) is 7.31. The zero-order valence-electron chi connectivity index (χ0n) is 13.0. The molecule has 1 amide bonds. The topological polar surface area (TPSA) is 51.2 Å². The van der Waals surface area contributed by atoms with Crippen LogP contribution in [0.4, 0.5) is 5.69 Å². The second-order valence-corrected chi connectivity index (χ2v) is 6.64. The Kier molecular flexibility index (Phi) is 5.13. The molecule has 1 aromatic heterocycles. The molecule has 3 aromatic rings. The fourth-order valence-corrected chi connectivity index (χ4v) is 2.76. The highest BCUT2D eigenvalue weighted by Crippen LogP contribution is 2.19. The number of amides is 1. The van der Waals surface area contributed by atoms with Gasteiger partial charge in [0.1, 0.15) is 18.1 Å². The molecule has 122 valence electrons. The largest absolute Gasteiger partial charge is 0.489 e. The van der Waals surface area contributed by atoms with Gasteiger partial charge in [0.15, 0.2) is 0 Å². The maximum atomic E-state index is 12.0. The summed E-state index contributed by atoms with van der Waals surface area (Å²) in [6.45, 7) is 2.33. The number of benzene rings is 2. The summed E-state index contributed by atoms with van der Waals surface area (Å²) in [5, 5.41) is 6.13. The van der Waals surface area contributed by atoms with Gasteiger partial charge in [-0.05, 0) is 48.9 Å². The Labute approximate surface area is 149 Å². The lowest BCUT2D eigenvalue weighted by molar-refractivity contribution is 0.102. The number of nitrogens with one attached hydrogen (secondary N) is 1. The summed E-state index contributed by atoms with van der Waals surface area (Å²) in [4.78, 5) is 16.2. The van der Waals surface area contributed by atoms with Crippen molar-refractivity contribution >= 4 is 34.5 Å². The van der Waals surface area contributed by atoms with E-state index in [1.807, 2.05) is 43.3 Å². The van der Waals surface area contributed by atoms with Gasteiger partial charge in [0, 0.05) is 16.1 Å². The lowest BCUT2D eigenvalue weighted by Gasteiger charge is -2.08. The molecule has 1 heterocycles. The van der Waals surface area contributed by atoms with E-state index in [4.69, 9.17) is 16.3 Å². The number of thiazole rings is 1. The summed E-state index contributed by atoms with van der Waals surface area (Å²) in [5.74, 6) is 0.515. The molecule has 0 aliphatic heterocycles. The molecule has 0 aliphatic rings. The van der Waals surface area contributed by atoms with Crippen LogP contribution >= 0.6 is 22.9 Å². The van der Waals surface area contributed by atoms with Crippen LogP contribution in [0, 0.1) is 6.92 Å². The number of hydrogen-bond donors (Lipinski definition) is 1. The van der Waals surface area contributed by atoms with E-state index < -0.39 is 0 Å². The van der Waals surface area contributed by atoms with Crippen molar-refractivity contribution in [2.75, 3.05) is 5.32 Å². The van der Waals surface area contributed by atoms with Gasteiger partial charge in [0.05, 0.1) is 5.01 Å². The van der Waals surface area contributed by atoms with Gasteiger partial charge >= 0.3 is 0 Å². The monoisotopic (exact) mass is 358 g/mol. The number of aromatic nitrogens is 1. The average Bonchev–Trinajstić information content (AvgIpc) is 3.02. The lowest BCUT2D eigenvalue weighted by atomic mass is 10.2. The second kappa shape index (κ2) is 7.47. The fourth-order valence-electron chi connectivity index (χ4n) is 2.04. The molecule has 0 fully saturated rings. The highest BCUT2D eigenvalue weighted by molar-refractivity contribution is 7.09. The van der Waals surface area contributed by atoms with E-state index in [0.29, 0.717) is 23.0 Å². The van der Waals surface area contributed by atoms with Gasteiger partial charge in [-0.2, -0.15) is 0 Å². The number of halogens is 1. The molecule has 0 saturated carbocycles. The molecule has 0 atom stereocenters. The molecule has 4 nitrogen and oxygen atoms in total. The zero-order valence-corrected chi connectivity index (χ0v) is 14.5. The van der Waals surface area contributed by atoms with Crippen LogP contribution in [0.5, 0.6) is 5.75 Å². The van der Waals surface area contributed by atoms with Crippen molar-refractivity contribution in [1.29, 1.82) is 0 Å². The van der Waals surface area contributed by atoms with Crippen molar-refractivity contribution < 1.29 is 9.53 Å². The predicted octanol–water partition coefficient (Wildman–Crippen LogP) is 4.94. The lowest BCUT2D eigenvalue weighted by Crippen LogP contribution is -2.12. The van der Waals surface area contributed by atoms with Crippen molar-refractivity contribution in [2.24, 2.45) is 0 Å². The van der Waals surface area contributed by atoms with E-state index >= 15 is 0 Å². The van der Waals surface area contributed by atoms with Gasteiger partial charge in [0.25, 0.3) is 5.91 Å². The third kappa shape index (κ3) is 4.34. The van der Waals surface area contributed by atoms with Crippen LogP contribution in [0.3, 0.4) is 0 Å². The molecule has 3 rings (SSSR count). The van der Waals surface area contributed by atoms with Crippen molar-refractivity contribution in [3.63, 3.8) is 0 Å². The van der Waals surface area contributed by atoms with E-state index in [-0.39, 0.29) is 5.91 Å². The Bertz CT molecular complexity index is 829. The second-order valence-electron chi connectivity index (χ2n) is 5.15. The molecule has 2 aromatic carbocycles. The van der Waals surface area contributed by atoms with Crippen molar-refractivity contribution in [2.45, 2.75) is 13.5 Å². The molecular weight excluding hydrogens is 344 g/mol. The number of ether oxygens (including phenoxy) is 1. The Hall–Kier alpha value is -2.37. The smallest absolute Gasteiger partial charge is 0.275 e. The highest BCUT2D eigenvalue weighted by atomic mass is 35.5. The predicted molar refractivity (Wildman–Crippen MR) is 97.0 cm³/mol. The molecule has 0 radical (unpaired) electrons. The van der Waals surface area contributed by atoms with Gasteiger partial charge in [0.2, 0.25) is 0 Å². The molecule has 0 unspecified atom stereocenters. The van der Waals surface area contributed by atoms with E-state index in [1.165, 1.54) is 11.3 Å². The molecular formula is C18H15ClN2O2S. The first kappa shape index (κ1) is 16.5. The van der Waals surface area contributed by atoms with Crippen molar-refractivity contribution in [1.82, 2.24) is 4.98 Å². The molecule has 0 aliphatic carbocycles. The highest BCUT2D eigenvalue weighted by Gasteiger charge is 2.09. The maximum absolute atomic E-state index is 12.0. The van der Waals surface area contributed by atoms with Gasteiger partial charge in [-0.15, -0.1) is 11.3 Å². The number of carbonyl (C=O) groups excluding carboxylic acids is 1. The SMILES string of the molecule is Cc1nc(C(=O)Nc2ccc(OCc3ccc(Cl)cc3)cc2)cs1. The molecule has 6 heteroatoms. The summed E-state index contributed by atoms with van der Waals surface area (Å²) >= 11 is 7.31. The van der Waals surface area contributed by atoms with E-state index in [2.05, 4.69) is 10.3 Å². The van der Waals surface area contributed by atoms with E-state index in [9.17, 15) is 4.79 Å². The van der Waals surface area contributed by atoms with Crippen LogP contribution in [0.2, 0.25) is 5.02 Å². The number of anilines is 1. The van der Waals surface area contributed by atoms with Gasteiger partial charge < -0.3 is 10.1 Å². The summed E-state index contributed by atoms with van der Waals surface area (Å²) in [6, 6.07) is 14.7. The molecule has 0 spiro atoms. The van der Waals surface area contributed by atoms with Gasteiger partial charge in [-0.25, -0.2) is 4.98 Å². The molecule has 1 N–H and O–H groups in total. The number of carbonyl (C=O) groups is 1. The standard InChI is InChI=1S/C18H15ClN2O2S/c1-12-20-17(11-24-12)18(22)21-15-6-8-16(9-7-15)23-10-13-2-4-14(19)5-3-13/h2-9,11H,10H2,1H3,(H,21,22). The Morgan fingerprint density at radius 1 is 1.17 bits per heavy atom. The van der Waals surface area contributed by atoms with Crippen LogP contribution < -0.4 is 10.1 Å². The quantitative estimate of drug-likeness (QED) is 0.703. The Morgan fingerprint density at radius 2 is 1.88 bits per heavy atom. The first-order chi connectivity index (χ1) is 11.6. The first-order valence-corrected chi connectivity index (χ1v) is 8.57. The minimum atomic E-state index is -0.214. The summed E-state index contributed by atoms with van der Waals surface area (Å²) in [7, 11) is 0. The Balaban J connectivity index is 1.57. The molecule has 0 saturated heterocycles. The van der Waals surface area contributed by atoms with Crippen LogP contribution in [0.25, 0.3) is 0 Å². The van der Waals surface area contributed by atoms with Gasteiger partial charge in [-0.1, -0.05) is 23.7 Å². The average molecular weight is 359 g/mol. The van der Waals surface area contributed by atoms with Gasteiger partial charge in [-0.3, -0.25) is 4.79 Å². The third-order valence-electron chi connectivity index (χ3n) is 3.28. The minimum absolute atomic E-state index is 0.214. The number of nitrogens with zero attached hydrogens (tertiary/aromatic N) is 1. The van der Waals surface area contributed by atoms with Crippen molar-refractivity contribution in [3.05, 3.63) is 75.2 Å². The summed E-state index contributed by atoms with van der Waals surface area (Å²) in [6.07, 6.45) is 0. The molecule has 24 heavy (non-hydrogen) atoms. The van der Waals surface area contributed by atoms with Crippen LogP contribution in [-0.2, 0) is 6.61 Å². The normalized spacial score (nSPS) is 10.4. The number of rotatable bonds is 5. The summed E-state index contributed by atoms with van der Waals surface area (Å²) in [5.41, 5.74) is 2.17. The van der Waals surface area contributed by atoms with E-state index in [1.54, 1.807) is 17.5 Å². The zero-order chi connectivity index (χ0) is 16.9. The Morgan fingerprint density at radius 3 is 2.50 bits per heavy atom. The number of hydrogen-bond acceptors (Lipinski definition) is 4. The van der Waals surface area contributed by atoms with Crippen LogP contribution in [0.15, 0.2) is 53.9 Å². The molecule has 0 bridgehead atoms. The summed E-state index contributed by atoms with van der Waals surface area (Å²) < 4.78 is 5.71. The van der Waals surface area contributed by atoms with Crippen LogP contribution in [-0.4, -0.2) is 10.9 Å².